The second-order valence-corrected chi connectivity index (χ2v) is 6.76. The minimum atomic E-state index is -0.840. The van der Waals surface area contributed by atoms with Gasteiger partial charge in [0.05, 0.1) is 5.41 Å². The van der Waals surface area contributed by atoms with Crippen molar-refractivity contribution in [3.05, 3.63) is 0 Å². The zero-order chi connectivity index (χ0) is 16.1. The Bertz CT molecular complexity index is 331. The Hall–Kier alpha value is -1.06. The molecule has 0 N–H and O–H groups in total. The predicted molar refractivity (Wildman–Crippen MR) is 78.9 cm³/mol. The van der Waals surface area contributed by atoms with Crippen LogP contribution in [0.5, 0.6) is 0 Å². The van der Waals surface area contributed by atoms with Crippen LogP contribution in [0.1, 0.15) is 61.8 Å². The molecule has 0 rings (SSSR count). The molecule has 118 valence electrons. The first-order chi connectivity index (χ1) is 8.98. The Balaban J connectivity index is 4.33. The van der Waals surface area contributed by atoms with Crippen molar-refractivity contribution < 1.29 is 19.1 Å². The fourth-order valence-electron chi connectivity index (χ4n) is 1.29. The highest BCUT2D eigenvalue weighted by Crippen LogP contribution is 2.28. The Morgan fingerprint density at radius 2 is 1.45 bits per heavy atom. The van der Waals surface area contributed by atoms with Crippen LogP contribution in [-0.2, 0) is 19.1 Å². The molecule has 0 aromatic rings. The fourth-order valence-corrected chi connectivity index (χ4v) is 1.29. The summed E-state index contributed by atoms with van der Waals surface area (Å²) in [5.74, 6) is 0.148. The monoisotopic (exact) mass is 286 g/mol. The van der Waals surface area contributed by atoms with E-state index in [1.54, 1.807) is 6.92 Å². The molecule has 0 amide bonds. The van der Waals surface area contributed by atoms with Crippen LogP contribution in [0.3, 0.4) is 0 Å². The van der Waals surface area contributed by atoms with Crippen molar-refractivity contribution in [2.75, 3.05) is 0 Å². The Morgan fingerprint density at radius 3 is 1.85 bits per heavy atom. The van der Waals surface area contributed by atoms with Crippen molar-refractivity contribution in [2.24, 2.45) is 23.2 Å². The largest absolute Gasteiger partial charge is 0.425 e. The van der Waals surface area contributed by atoms with Gasteiger partial charge in [0, 0.05) is 13.3 Å². The summed E-state index contributed by atoms with van der Waals surface area (Å²) in [7, 11) is 0. The molecule has 0 fully saturated rings. The van der Waals surface area contributed by atoms with E-state index in [1.165, 1.54) is 0 Å². The molecule has 0 aliphatic heterocycles. The molecule has 4 heteroatoms. The molecule has 0 spiro atoms. The van der Waals surface area contributed by atoms with Gasteiger partial charge in [0.15, 0.2) is 0 Å². The number of hydrogen-bond acceptors (Lipinski definition) is 4. The molecule has 0 bridgehead atoms. The molecule has 0 radical (unpaired) electrons. The molecule has 0 aliphatic carbocycles. The van der Waals surface area contributed by atoms with Gasteiger partial charge in [-0.05, 0) is 31.6 Å². The SMILES string of the molecule is CC(OC(=O)CC(C)C(C)C)OC(=O)C(C)(C)C(C)C. The summed E-state index contributed by atoms with van der Waals surface area (Å²) in [5.41, 5.74) is -0.591. The fraction of sp³-hybridized carbons (Fsp3) is 0.875. The molecule has 0 saturated heterocycles. The van der Waals surface area contributed by atoms with Gasteiger partial charge in [-0.3, -0.25) is 9.59 Å². The van der Waals surface area contributed by atoms with E-state index in [0.29, 0.717) is 12.3 Å². The number of carbonyl (C=O) groups is 2. The number of ether oxygens (including phenoxy) is 2. The standard InChI is InChI=1S/C16H30O4/c1-10(2)12(5)9-14(17)19-13(6)20-15(18)16(7,8)11(3)4/h10-13H,9H2,1-8H3. The van der Waals surface area contributed by atoms with Gasteiger partial charge in [-0.25, -0.2) is 0 Å². The van der Waals surface area contributed by atoms with Crippen LogP contribution < -0.4 is 0 Å². The summed E-state index contributed by atoms with van der Waals surface area (Å²) in [5, 5.41) is 0. The Labute approximate surface area is 123 Å². The van der Waals surface area contributed by atoms with Crippen molar-refractivity contribution in [3.8, 4) is 0 Å². The maximum Gasteiger partial charge on any atom is 0.314 e. The summed E-state index contributed by atoms with van der Waals surface area (Å²) >= 11 is 0. The van der Waals surface area contributed by atoms with E-state index in [0.717, 1.165) is 0 Å². The Kier molecular flexibility index (Phi) is 7.25. The smallest absolute Gasteiger partial charge is 0.314 e. The number of esters is 2. The first-order valence-electron chi connectivity index (χ1n) is 7.39. The maximum atomic E-state index is 12.0. The van der Waals surface area contributed by atoms with Gasteiger partial charge in [-0.1, -0.05) is 34.6 Å². The maximum absolute atomic E-state index is 12.0. The lowest BCUT2D eigenvalue weighted by Crippen LogP contribution is -2.35. The van der Waals surface area contributed by atoms with Crippen molar-refractivity contribution >= 4 is 11.9 Å². The highest BCUT2D eigenvalue weighted by atomic mass is 16.7. The minimum Gasteiger partial charge on any atom is -0.425 e. The molecular weight excluding hydrogens is 256 g/mol. The molecular formula is C16H30O4. The van der Waals surface area contributed by atoms with Crippen LogP contribution in [0.25, 0.3) is 0 Å². The molecule has 0 heterocycles. The average Bonchev–Trinajstić information content (AvgIpc) is 2.27. The van der Waals surface area contributed by atoms with E-state index in [1.807, 2.05) is 34.6 Å². The number of hydrogen-bond donors (Lipinski definition) is 0. The van der Waals surface area contributed by atoms with Gasteiger partial charge in [0.25, 0.3) is 0 Å². The zero-order valence-corrected chi connectivity index (χ0v) is 14.1. The van der Waals surface area contributed by atoms with Gasteiger partial charge in [-0.2, -0.15) is 0 Å². The summed E-state index contributed by atoms with van der Waals surface area (Å²) in [6.45, 7) is 15.3. The van der Waals surface area contributed by atoms with E-state index in [9.17, 15) is 9.59 Å². The van der Waals surface area contributed by atoms with E-state index in [2.05, 4.69) is 13.8 Å². The van der Waals surface area contributed by atoms with Gasteiger partial charge < -0.3 is 9.47 Å². The van der Waals surface area contributed by atoms with E-state index < -0.39 is 11.7 Å². The second kappa shape index (κ2) is 7.65. The van der Waals surface area contributed by atoms with Crippen molar-refractivity contribution in [3.63, 3.8) is 0 Å². The van der Waals surface area contributed by atoms with Crippen LogP contribution in [-0.4, -0.2) is 18.2 Å². The molecule has 0 saturated carbocycles. The third kappa shape index (κ3) is 5.93. The lowest BCUT2D eigenvalue weighted by atomic mass is 9.81. The summed E-state index contributed by atoms with van der Waals surface area (Å²) in [4.78, 5) is 23.7. The lowest BCUT2D eigenvalue weighted by Gasteiger charge is -2.28. The molecule has 4 nitrogen and oxygen atoms in total. The van der Waals surface area contributed by atoms with Gasteiger partial charge >= 0.3 is 11.9 Å². The molecule has 0 aliphatic rings. The van der Waals surface area contributed by atoms with Gasteiger partial charge in [0.1, 0.15) is 0 Å². The summed E-state index contributed by atoms with van der Waals surface area (Å²) in [6.07, 6.45) is -0.500. The quantitative estimate of drug-likeness (QED) is 0.528. The van der Waals surface area contributed by atoms with Gasteiger partial charge in [0.2, 0.25) is 6.29 Å². The highest BCUT2D eigenvalue weighted by molar-refractivity contribution is 5.76. The molecule has 0 aromatic heterocycles. The predicted octanol–water partition coefficient (Wildman–Crippen LogP) is 3.78. The van der Waals surface area contributed by atoms with Crippen molar-refractivity contribution in [1.29, 1.82) is 0 Å². The third-order valence-electron chi connectivity index (χ3n) is 4.17. The first-order valence-corrected chi connectivity index (χ1v) is 7.39. The minimum absolute atomic E-state index is 0.152. The average molecular weight is 286 g/mol. The number of rotatable bonds is 7. The van der Waals surface area contributed by atoms with Crippen LogP contribution in [0.15, 0.2) is 0 Å². The third-order valence-corrected chi connectivity index (χ3v) is 4.17. The summed E-state index contributed by atoms with van der Waals surface area (Å²) in [6, 6.07) is 0. The highest BCUT2D eigenvalue weighted by Gasteiger charge is 2.34. The molecule has 2 atom stereocenters. The topological polar surface area (TPSA) is 52.6 Å². The Morgan fingerprint density at radius 1 is 0.950 bits per heavy atom. The zero-order valence-electron chi connectivity index (χ0n) is 14.1. The van der Waals surface area contributed by atoms with Crippen LogP contribution in [0.2, 0.25) is 0 Å². The first kappa shape index (κ1) is 18.9. The molecule has 0 aromatic carbocycles. The van der Waals surface area contributed by atoms with Crippen molar-refractivity contribution in [2.45, 2.75) is 68.1 Å². The molecule has 20 heavy (non-hydrogen) atoms. The van der Waals surface area contributed by atoms with E-state index in [4.69, 9.17) is 9.47 Å². The molecule has 2 unspecified atom stereocenters. The van der Waals surface area contributed by atoms with Crippen LogP contribution >= 0.6 is 0 Å². The van der Waals surface area contributed by atoms with E-state index in [-0.39, 0.29) is 23.8 Å². The van der Waals surface area contributed by atoms with Gasteiger partial charge in [-0.15, -0.1) is 0 Å². The van der Waals surface area contributed by atoms with Crippen molar-refractivity contribution in [1.82, 2.24) is 0 Å². The van der Waals surface area contributed by atoms with Crippen LogP contribution in [0, 0.1) is 23.2 Å². The second-order valence-electron chi connectivity index (χ2n) is 6.76. The normalized spacial score (nSPS) is 15.1. The lowest BCUT2D eigenvalue weighted by molar-refractivity contribution is -0.193. The van der Waals surface area contributed by atoms with E-state index >= 15 is 0 Å². The van der Waals surface area contributed by atoms with Crippen LogP contribution in [0.4, 0.5) is 0 Å². The summed E-state index contributed by atoms with van der Waals surface area (Å²) < 4.78 is 10.3. The number of carbonyl (C=O) groups excluding carboxylic acids is 2.